The fourth-order valence-electron chi connectivity index (χ4n) is 4.05. The van der Waals surface area contributed by atoms with Crippen molar-refractivity contribution in [2.45, 2.75) is 6.55 Å². The first-order valence-corrected chi connectivity index (χ1v) is 29.3. The second kappa shape index (κ2) is 23.3. The maximum Gasteiger partial charge on any atom is 0.420 e. The highest BCUT2D eigenvalue weighted by Gasteiger charge is 2.51. The van der Waals surface area contributed by atoms with Gasteiger partial charge in [0.2, 0.25) is 14.5 Å². The molecule has 4 aromatic rings. The van der Waals surface area contributed by atoms with Crippen LogP contribution in [0.4, 0.5) is 0 Å². The molecule has 19 heteroatoms. The quantitative estimate of drug-likeness (QED) is 0.0522. The lowest BCUT2D eigenvalue weighted by atomic mass is 10.4. The zero-order valence-electron chi connectivity index (χ0n) is 32.3. The van der Waals surface area contributed by atoms with E-state index in [4.69, 9.17) is 28.6 Å². The first-order chi connectivity index (χ1) is 25.2. The molecule has 0 aromatic heterocycles. The summed E-state index contributed by atoms with van der Waals surface area (Å²) in [5, 5.41) is 3.83. The van der Waals surface area contributed by atoms with Crippen molar-refractivity contribution in [2.24, 2.45) is 0 Å². The molecule has 0 radical (unpaired) electrons. The SMILES string of the molecule is COP(C)(=O)OC.COP(C)(=O)O[Si](OP(C)(=O)OC)(c1ccccc1)c1ccccc1.C[Si](Cl)(c1ccccc1)c1ccccc1.[CH2+]OP(C)(=O)OC. The fourth-order valence-corrected chi connectivity index (χ4v) is 15.1. The van der Waals surface area contributed by atoms with Gasteiger partial charge >= 0.3 is 38.9 Å². The van der Waals surface area contributed by atoms with Gasteiger partial charge in [0, 0.05) is 62.2 Å². The van der Waals surface area contributed by atoms with Crippen molar-refractivity contribution in [3.05, 3.63) is 128 Å². The van der Waals surface area contributed by atoms with E-state index in [0.29, 0.717) is 10.4 Å². The summed E-state index contributed by atoms with van der Waals surface area (Å²) >= 11 is 6.73. The zero-order valence-corrected chi connectivity index (χ0v) is 38.7. The summed E-state index contributed by atoms with van der Waals surface area (Å²) in [7, 11) is -8.40. The Hall–Kier alpha value is -1.93. The topological polar surface area (TPSA) is 142 Å². The molecule has 0 saturated carbocycles. The monoisotopic (exact) mass is 879 g/mol. The summed E-state index contributed by atoms with van der Waals surface area (Å²) in [6, 6.07) is 38.8. The molecule has 4 rings (SSSR count). The van der Waals surface area contributed by atoms with E-state index < -0.39 is 46.3 Å². The standard InChI is InChI=1S/C16H22O6P2Si.C13H13ClSi.C3H9O3P.C3H8O3P/c1-19-23(3,17)21-25(22-24(4,18)20-2,15-11-7-5-8-12-15)16-13-9-6-10-14-16;1-15(14,12-8-4-2-5-9-12)13-10-6-3-7-11-13;2*1-5-7(3,4)6-2/h5-14H,1-4H3;2-11H,1H3;1-3H3;1H2,2-3H3/q;;;+1. The van der Waals surface area contributed by atoms with Crippen LogP contribution in [0.25, 0.3) is 0 Å². The van der Waals surface area contributed by atoms with Crippen LogP contribution >= 0.6 is 41.5 Å². The van der Waals surface area contributed by atoms with Crippen molar-refractivity contribution in [3.8, 4) is 0 Å². The number of halogens is 1. The van der Waals surface area contributed by atoms with Crippen LogP contribution in [0.5, 0.6) is 0 Å². The molecule has 0 aliphatic rings. The summed E-state index contributed by atoms with van der Waals surface area (Å²) < 4.78 is 85.8. The smallest absolute Gasteiger partial charge is 0.315 e. The minimum absolute atomic E-state index is 0.652. The van der Waals surface area contributed by atoms with Gasteiger partial charge in [-0.2, -0.15) is 11.1 Å². The van der Waals surface area contributed by atoms with E-state index in [0.717, 1.165) is 0 Å². The third-order valence-electron chi connectivity index (χ3n) is 7.42. The largest absolute Gasteiger partial charge is 0.420 e. The molecule has 0 aliphatic carbocycles. The van der Waals surface area contributed by atoms with E-state index >= 15 is 0 Å². The average molecular weight is 880 g/mol. The predicted molar refractivity (Wildman–Crippen MR) is 225 cm³/mol. The third kappa shape index (κ3) is 17.1. The van der Waals surface area contributed by atoms with E-state index in [1.54, 1.807) is 24.3 Å². The normalized spacial score (nSPS) is 14.9. The molecule has 0 saturated heterocycles. The predicted octanol–water partition coefficient (Wildman–Crippen LogP) is 8.20. The first kappa shape index (κ1) is 50.1. The van der Waals surface area contributed by atoms with Crippen molar-refractivity contribution in [1.82, 2.24) is 0 Å². The molecule has 12 nitrogen and oxygen atoms in total. The van der Waals surface area contributed by atoms with E-state index in [1.807, 2.05) is 72.8 Å². The molecule has 0 bridgehead atoms. The lowest BCUT2D eigenvalue weighted by Crippen LogP contribution is -2.62. The van der Waals surface area contributed by atoms with Crippen LogP contribution in [-0.2, 0) is 53.8 Å². The average Bonchev–Trinajstić information content (AvgIpc) is 3.19. The lowest BCUT2D eigenvalue weighted by Gasteiger charge is -2.34. The van der Waals surface area contributed by atoms with E-state index in [1.165, 1.54) is 72.6 Å². The minimum atomic E-state index is -3.64. The molecule has 0 N–H and O–H groups in total. The Kier molecular flexibility index (Phi) is 21.7. The molecule has 3 atom stereocenters. The molecule has 4 aromatic carbocycles. The molecule has 3 unspecified atom stereocenters. The van der Waals surface area contributed by atoms with Crippen LogP contribution in [0.3, 0.4) is 0 Å². The molecule has 54 heavy (non-hydrogen) atoms. The van der Waals surface area contributed by atoms with Crippen molar-refractivity contribution >= 4 is 78.2 Å². The summed E-state index contributed by atoms with van der Waals surface area (Å²) in [5.41, 5.74) is 0. The maximum atomic E-state index is 12.7. The molecule has 0 aliphatic heterocycles. The number of hydrogen-bond acceptors (Lipinski definition) is 12. The van der Waals surface area contributed by atoms with Crippen LogP contribution in [0, 0.1) is 7.11 Å². The molecule has 0 amide bonds. The Balaban J connectivity index is 0.000000422. The molecular weight excluding hydrogens is 828 g/mol. The third-order valence-corrected chi connectivity index (χ3v) is 22.2. The van der Waals surface area contributed by atoms with Crippen LogP contribution in [0.15, 0.2) is 121 Å². The summed E-state index contributed by atoms with van der Waals surface area (Å²) in [6.07, 6.45) is 0. The second-order valence-corrected chi connectivity index (χ2v) is 28.9. The molecule has 298 valence electrons. The fraction of sp³-hybridized carbons (Fsp3) is 0.286. The van der Waals surface area contributed by atoms with E-state index in [2.05, 4.69) is 56.0 Å². The highest BCUT2D eigenvalue weighted by molar-refractivity contribution is 7.57. The summed E-state index contributed by atoms with van der Waals surface area (Å²) in [5.74, 6) is 0. The Morgan fingerprint density at radius 1 is 0.444 bits per heavy atom. The van der Waals surface area contributed by atoms with Gasteiger partial charge in [-0.3, -0.25) is 18.3 Å². The van der Waals surface area contributed by atoms with E-state index in [-0.39, 0.29) is 0 Å². The van der Waals surface area contributed by atoms with Gasteiger partial charge in [0.25, 0.3) is 0 Å². The highest BCUT2D eigenvalue weighted by atomic mass is 35.6. The Bertz CT molecular complexity index is 1700. The van der Waals surface area contributed by atoms with Gasteiger partial charge in [0.15, 0.2) is 0 Å². The van der Waals surface area contributed by atoms with Gasteiger partial charge < -0.3 is 31.0 Å². The maximum absolute atomic E-state index is 12.7. The highest BCUT2D eigenvalue weighted by Crippen LogP contribution is 2.52. The van der Waals surface area contributed by atoms with Gasteiger partial charge in [0.1, 0.15) is 0 Å². The molecular formula is C35H52ClO12P4Si2+. The van der Waals surface area contributed by atoms with Gasteiger partial charge in [-0.05, 0) is 27.3 Å². The Labute approximate surface area is 327 Å². The zero-order chi connectivity index (χ0) is 41.1. The Morgan fingerprint density at radius 3 is 0.870 bits per heavy atom. The number of hydrogen-bond donors (Lipinski definition) is 0. The molecule has 0 fully saturated rings. The second-order valence-electron chi connectivity index (χ2n) is 11.4. The first-order valence-electron chi connectivity index (χ1n) is 16.0. The molecule has 0 spiro atoms. The van der Waals surface area contributed by atoms with Crippen LogP contribution in [-0.4, -0.2) is 78.2 Å². The number of rotatable bonds is 14. The summed E-state index contributed by atoms with van der Waals surface area (Å²) in [4.78, 5) is 0. The van der Waals surface area contributed by atoms with Gasteiger partial charge in [-0.1, -0.05) is 121 Å². The van der Waals surface area contributed by atoms with Crippen molar-refractivity contribution < 1.29 is 53.8 Å². The van der Waals surface area contributed by atoms with Gasteiger partial charge in [-0.15, -0.1) is 4.52 Å². The van der Waals surface area contributed by atoms with Crippen molar-refractivity contribution in [3.63, 3.8) is 0 Å². The van der Waals surface area contributed by atoms with Gasteiger partial charge in [0.05, 0.1) is 0 Å². The summed E-state index contributed by atoms with van der Waals surface area (Å²) in [6.45, 7) is 7.64. The van der Waals surface area contributed by atoms with Crippen LogP contribution < -0.4 is 20.7 Å². The Morgan fingerprint density at radius 2 is 0.685 bits per heavy atom. The minimum Gasteiger partial charge on any atom is -0.315 e. The molecule has 0 heterocycles. The number of benzene rings is 4. The van der Waals surface area contributed by atoms with Crippen LogP contribution in [0.2, 0.25) is 6.55 Å². The van der Waals surface area contributed by atoms with Crippen LogP contribution in [0.1, 0.15) is 0 Å². The van der Waals surface area contributed by atoms with Gasteiger partial charge in [-0.25, -0.2) is 0 Å². The van der Waals surface area contributed by atoms with Crippen molar-refractivity contribution in [1.29, 1.82) is 0 Å². The lowest BCUT2D eigenvalue weighted by molar-refractivity contribution is 0.280. The van der Waals surface area contributed by atoms with Crippen molar-refractivity contribution in [2.75, 3.05) is 62.2 Å². The van der Waals surface area contributed by atoms with E-state index in [9.17, 15) is 18.3 Å².